The molecule has 0 saturated carbocycles. The Bertz CT molecular complexity index is 663. The van der Waals surface area contributed by atoms with Gasteiger partial charge in [-0.15, -0.1) is 0 Å². The largest absolute Gasteiger partial charge is 0.462 e. The number of ether oxygens (including phenoxy) is 1. The molecule has 2 aliphatic rings. The van der Waals surface area contributed by atoms with E-state index in [-0.39, 0.29) is 24.3 Å². The van der Waals surface area contributed by atoms with Gasteiger partial charge in [-0.05, 0) is 63.0 Å². The fourth-order valence-electron chi connectivity index (χ4n) is 3.47. The van der Waals surface area contributed by atoms with Crippen molar-refractivity contribution in [2.75, 3.05) is 24.6 Å². The molecule has 0 bridgehead atoms. The summed E-state index contributed by atoms with van der Waals surface area (Å²) in [5.41, 5.74) is 0.919. The second kappa shape index (κ2) is 7.35. The van der Waals surface area contributed by atoms with Gasteiger partial charge < -0.3 is 4.74 Å². The van der Waals surface area contributed by atoms with Gasteiger partial charge in [0, 0.05) is 0 Å². The number of hydrogen-bond donors (Lipinski definition) is 0. The summed E-state index contributed by atoms with van der Waals surface area (Å²) in [6, 6.07) is 6.07. The lowest BCUT2D eigenvalue weighted by atomic mass is 9.97. The maximum atomic E-state index is 12.8. The minimum Gasteiger partial charge on any atom is -0.462 e. The van der Waals surface area contributed by atoms with Crippen LogP contribution >= 0.6 is 0 Å². The van der Waals surface area contributed by atoms with Crippen molar-refractivity contribution in [1.29, 1.82) is 0 Å². The highest BCUT2D eigenvalue weighted by atomic mass is 16.5. The molecule has 1 unspecified atom stereocenters. The molecule has 1 atom stereocenters. The maximum Gasteiger partial charge on any atom is 0.338 e. The van der Waals surface area contributed by atoms with Crippen molar-refractivity contribution in [2.24, 2.45) is 5.92 Å². The molecular weight excluding hydrogens is 320 g/mol. The molecule has 6 heteroatoms. The van der Waals surface area contributed by atoms with Gasteiger partial charge in [0.2, 0.25) is 5.91 Å². The third kappa shape index (κ3) is 3.58. The van der Waals surface area contributed by atoms with Crippen LogP contribution in [0, 0.1) is 5.92 Å². The second-order valence-corrected chi connectivity index (χ2v) is 6.77. The Hall–Kier alpha value is -2.21. The highest BCUT2D eigenvalue weighted by Gasteiger charge is 2.43. The third-order valence-electron chi connectivity index (χ3n) is 5.02. The van der Waals surface area contributed by atoms with Crippen LogP contribution in [0.1, 0.15) is 43.5 Å². The fraction of sp³-hybridized carbons (Fsp3) is 0.526. The van der Waals surface area contributed by atoms with Crippen molar-refractivity contribution in [3.05, 3.63) is 29.8 Å². The van der Waals surface area contributed by atoms with E-state index in [0.29, 0.717) is 23.8 Å². The van der Waals surface area contributed by atoms with E-state index in [2.05, 4.69) is 11.8 Å². The van der Waals surface area contributed by atoms with E-state index < -0.39 is 5.97 Å². The minimum atomic E-state index is -0.409. The van der Waals surface area contributed by atoms with Crippen molar-refractivity contribution in [3.8, 4) is 0 Å². The van der Waals surface area contributed by atoms with Crippen molar-refractivity contribution < 1.29 is 19.1 Å². The molecule has 0 radical (unpaired) electrons. The zero-order chi connectivity index (χ0) is 18.0. The smallest absolute Gasteiger partial charge is 0.338 e. The summed E-state index contributed by atoms with van der Waals surface area (Å²) >= 11 is 0. The van der Waals surface area contributed by atoms with E-state index in [4.69, 9.17) is 4.74 Å². The predicted octanol–water partition coefficient (Wildman–Crippen LogP) is 2.23. The quantitative estimate of drug-likeness (QED) is 0.619. The number of imide groups is 1. The Labute approximate surface area is 147 Å². The minimum absolute atomic E-state index is 0.163. The second-order valence-electron chi connectivity index (χ2n) is 6.77. The number of esters is 1. The molecule has 3 rings (SSSR count). The molecule has 2 amide bonds. The molecule has 1 aromatic rings. The summed E-state index contributed by atoms with van der Waals surface area (Å²) in [6.45, 7) is 5.99. The summed E-state index contributed by atoms with van der Waals surface area (Å²) in [7, 11) is 0. The van der Waals surface area contributed by atoms with Gasteiger partial charge in [0.25, 0.3) is 5.91 Å². The normalized spacial score (nSPS) is 22.5. The molecule has 2 fully saturated rings. The topological polar surface area (TPSA) is 66.9 Å². The van der Waals surface area contributed by atoms with Gasteiger partial charge in [0.1, 0.15) is 0 Å². The molecule has 0 aliphatic carbocycles. The molecule has 1 aromatic carbocycles. The van der Waals surface area contributed by atoms with Crippen LogP contribution in [-0.2, 0) is 14.3 Å². The maximum absolute atomic E-state index is 12.8. The molecule has 2 aliphatic heterocycles. The van der Waals surface area contributed by atoms with Crippen molar-refractivity contribution in [3.63, 3.8) is 0 Å². The third-order valence-corrected chi connectivity index (χ3v) is 5.02. The first-order valence-corrected chi connectivity index (χ1v) is 8.89. The van der Waals surface area contributed by atoms with Crippen LogP contribution in [0.5, 0.6) is 0 Å². The Morgan fingerprint density at radius 3 is 2.40 bits per heavy atom. The first kappa shape index (κ1) is 17.6. The van der Waals surface area contributed by atoms with Gasteiger partial charge in [0.15, 0.2) is 0 Å². The molecule has 2 heterocycles. The summed E-state index contributed by atoms with van der Waals surface area (Å²) in [5, 5.41) is 0. The van der Waals surface area contributed by atoms with E-state index >= 15 is 0 Å². The molecule has 25 heavy (non-hydrogen) atoms. The zero-order valence-corrected chi connectivity index (χ0v) is 14.7. The van der Waals surface area contributed by atoms with E-state index in [1.807, 2.05) is 0 Å². The van der Waals surface area contributed by atoms with Crippen LogP contribution in [0.15, 0.2) is 24.3 Å². The predicted molar refractivity (Wildman–Crippen MR) is 93.3 cm³/mol. The first-order valence-electron chi connectivity index (χ1n) is 8.89. The number of rotatable bonds is 4. The van der Waals surface area contributed by atoms with E-state index in [1.165, 1.54) is 4.90 Å². The Kier molecular flexibility index (Phi) is 5.18. The van der Waals surface area contributed by atoms with Crippen molar-refractivity contribution in [1.82, 2.24) is 4.90 Å². The van der Waals surface area contributed by atoms with E-state index in [1.54, 1.807) is 31.2 Å². The van der Waals surface area contributed by atoms with Gasteiger partial charge in [-0.2, -0.15) is 0 Å². The molecule has 0 spiro atoms. The lowest BCUT2D eigenvalue weighted by molar-refractivity contribution is -0.123. The molecule has 2 saturated heterocycles. The summed E-state index contributed by atoms with van der Waals surface area (Å²) in [4.78, 5) is 40.3. The Morgan fingerprint density at radius 1 is 1.16 bits per heavy atom. The molecule has 0 N–H and O–H groups in total. The highest BCUT2D eigenvalue weighted by Crippen LogP contribution is 2.28. The molecular formula is C19H24N2O4. The van der Waals surface area contributed by atoms with Crippen molar-refractivity contribution >= 4 is 23.5 Å². The summed E-state index contributed by atoms with van der Waals surface area (Å²) in [5.74, 6) is -0.0793. The number of benzene rings is 1. The standard InChI is InChI=1S/C19H24N2O4/c1-3-25-19(24)14-4-6-15(7-5-14)21-17(22)12-16(18(21)23)20-10-8-13(2)9-11-20/h4-7,13,16H,3,8-12H2,1-2H3. The zero-order valence-electron chi connectivity index (χ0n) is 14.7. The lowest BCUT2D eigenvalue weighted by Crippen LogP contribution is -2.45. The number of hydrogen-bond acceptors (Lipinski definition) is 5. The Balaban J connectivity index is 1.73. The van der Waals surface area contributed by atoms with Crippen molar-refractivity contribution in [2.45, 2.75) is 39.2 Å². The van der Waals surface area contributed by atoms with Crippen LogP contribution in [0.4, 0.5) is 5.69 Å². The lowest BCUT2D eigenvalue weighted by Gasteiger charge is -2.33. The molecule has 6 nitrogen and oxygen atoms in total. The monoisotopic (exact) mass is 344 g/mol. The summed E-state index contributed by atoms with van der Waals surface area (Å²) in [6.07, 6.45) is 2.35. The molecule has 0 aromatic heterocycles. The van der Waals surface area contributed by atoms with Gasteiger partial charge >= 0.3 is 5.97 Å². The number of anilines is 1. The SMILES string of the molecule is CCOC(=O)c1ccc(N2C(=O)CC(N3CCC(C)CC3)C2=O)cc1. The van der Waals surface area contributed by atoms with E-state index in [9.17, 15) is 14.4 Å². The Morgan fingerprint density at radius 2 is 1.80 bits per heavy atom. The number of carbonyl (C=O) groups is 3. The number of piperidine rings is 1. The number of amides is 2. The van der Waals surface area contributed by atoms with Gasteiger partial charge in [-0.1, -0.05) is 6.92 Å². The first-order chi connectivity index (χ1) is 12.0. The number of carbonyl (C=O) groups excluding carboxylic acids is 3. The van der Waals surface area contributed by atoms with Gasteiger partial charge in [-0.25, -0.2) is 9.69 Å². The fourth-order valence-corrected chi connectivity index (χ4v) is 3.47. The van der Waals surface area contributed by atoms with Crippen LogP contribution < -0.4 is 4.90 Å². The van der Waals surface area contributed by atoms with Crippen LogP contribution in [-0.4, -0.2) is 48.4 Å². The number of likely N-dealkylation sites (tertiary alicyclic amines) is 1. The van der Waals surface area contributed by atoms with Crippen LogP contribution in [0.3, 0.4) is 0 Å². The van der Waals surface area contributed by atoms with E-state index in [0.717, 1.165) is 25.9 Å². The molecule has 134 valence electrons. The highest BCUT2D eigenvalue weighted by molar-refractivity contribution is 6.22. The van der Waals surface area contributed by atoms with Crippen LogP contribution in [0.25, 0.3) is 0 Å². The number of nitrogens with zero attached hydrogens (tertiary/aromatic N) is 2. The summed E-state index contributed by atoms with van der Waals surface area (Å²) < 4.78 is 4.95. The van der Waals surface area contributed by atoms with Gasteiger partial charge in [0.05, 0.1) is 30.3 Å². The van der Waals surface area contributed by atoms with Crippen LogP contribution in [0.2, 0.25) is 0 Å². The van der Waals surface area contributed by atoms with Gasteiger partial charge in [-0.3, -0.25) is 14.5 Å². The average molecular weight is 344 g/mol. The average Bonchev–Trinajstić information content (AvgIpc) is 2.90.